The second kappa shape index (κ2) is 5.57. The zero-order valence-corrected chi connectivity index (χ0v) is 12.3. The van der Waals surface area contributed by atoms with E-state index in [0.29, 0.717) is 10.6 Å². The molecule has 0 amide bonds. The van der Waals surface area contributed by atoms with Crippen LogP contribution in [-0.4, -0.2) is 5.11 Å². The lowest BCUT2D eigenvalue weighted by Gasteiger charge is -2.15. The van der Waals surface area contributed by atoms with Crippen LogP contribution >= 0.6 is 27.5 Å². The van der Waals surface area contributed by atoms with Crippen LogP contribution < -0.4 is 0 Å². The SMILES string of the molecule is Cc1ccc(C(O)c2cc(F)c(Br)cc2F)c(Cl)c1. The molecule has 1 N–H and O–H groups in total. The molecule has 0 radical (unpaired) electrons. The standard InChI is InChI=1S/C14H10BrClF2O/c1-7-2-3-8(11(16)4-7)14(19)9-5-13(18)10(15)6-12(9)17/h2-6,14,19H,1H3. The molecule has 2 rings (SSSR count). The molecule has 0 aliphatic rings. The van der Waals surface area contributed by atoms with Crippen molar-refractivity contribution in [3.8, 4) is 0 Å². The van der Waals surface area contributed by atoms with Crippen LogP contribution in [0.15, 0.2) is 34.8 Å². The average Bonchev–Trinajstić information content (AvgIpc) is 2.33. The van der Waals surface area contributed by atoms with Gasteiger partial charge in [-0.15, -0.1) is 0 Å². The first-order chi connectivity index (χ1) is 8.90. The topological polar surface area (TPSA) is 20.2 Å². The van der Waals surface area contributed by atoms with E-state index in [-0.39, 0.29) is 10.0 Å². The Labute approximate surface area is 123 Å². The Balaban J connectivity index is 2.49. The number of aryl methyl sites for hydroxylation is 1. The van der Waals surface area contributed by atoms with E-state index in [1.165, 1.54) is 0 Å². The van der Waals surface area contributed by atoms with Gasteiger partial charge in [-0.3, -0.25) is 0 Å². The molecule has 1 unspecified atom stereocenters. The first kappa shape index (κ1) is 14.4. The first-order valence-corrected chi connectivity index (χ1v) is 6.66. The van der Waals surface area contributed by atoms with Crippen LogP contribution in [0.3, 0.4) is 0 Å². The van der Waals surface area contributed by atoms with E-state index in [9.17, 15) is 13.9 Å². The second-order valence-electron chi connectivity index (χ2n) is 4.22. The molecule has 0 aliphatic heterocycles. The van der Waals surface area contributed by atoms with Crippen molar-refractivity contribution in [3.05, 3.63) is 68.2 Å². The van der Waals surface area contributed by atoms with Gasteiger partial charge < -0.3 is 5.11 Å². The number of hydrogen-bond acceptors (Lipinski definition) is 1. The van der Waals surface area contributed by atoms with E-state index in [1.807, 2.05) is 6.92 Å². The highest BCUT2D eigenvalue weighted by Crippen LogP contribution is 2.32. The van der Waals surface area contributed by atoms with Gasteiger partial charge in [0, 0.05) is 16.1 Å². The van der Waals surface area contributed by atoms with Gasteiger partial charge in [0.2, 0.25) is 0 Å². The van der Waals surface area contributed by atoms with Crippen LogP contribution in [0.25, 0.3) is 0 Å². The van der Waals surface area contributed by atoms with E-state index >= 15 is 0 Å². The minimum Gasteiger partial charge on any atom is -0.383 e. The Morgan fingerprint density at radius 1 is 1.11 bits per heavy atom. The van der Waals surface area contributed by atoms with Gasteiger partial charge in [0.1, 0.15) is 17.7 Å². The van der Waals surface area contributed by atoms with E-state index in [0.717, 1.165) is 17.7 Å². The first-order valence-electron chi connectivity index (χ1n) is 5.48. The summed E-state index contributed by atoms with van der Waals surface area (Å²) in [5, 5.41) is 10.5. The number of aliphatic hydroxyl groups excluding tert-OH is 1. The van der Waals surface area contributed by atoms with Crippen molar-refractivity contribution < 1.29 is 13.9 Å². The lowest BCUT2D eigenvalue weighted by molar-refractivity contribution is 0.214. The highest BCUT2D eigenvalue weighted by Gasteiger charge is 2.19. The van der Waals surface area contributed by atoms with Gasteiger partial charge >= 0.3 is 0 Å². The van der Waals surface area contributed by atoms with Crippen LogP contribution in [0.1, 0.15) is 22.8 Å². The molecular formula is C14H10BrClF2O. The van der Waals surface area contributed by atoms with Crippen molar-refractivity contribution in [2.75, 3.05) is 0 Å². The van der Waals surface area contributed by atoms with Crippen molar-refractivity contribution in [1.82, 2.24) is 0 Å². The summed E-state index contributed by atoms with van der Waals surface area (Å²) in [5.41, 5.74) is 1.11. The van der Waals surface area contributed by atoms with Gasteiger partial charge in [-0.25, -0.2) is 8.78 Å². The summed E-state index contributed by atoms with van der Waals surface area (Å²) < 4.78 is 27.2. The molecule has 0 saturated heterocycles. The second-order valence-corrected chi connectivity index (χ2v) is 5.48. The number of halogens is 4. The Bertz CT molecular complexity index is 631. The molecule has 0 aliphatic carbocycles. The lowest BCUT2D eigenvalue weighted by Crippen LogP contribution is -2.04. The maximum Gasteiger partial charge on any atom is 0.137 e. The molecule has 1 atom stereocenters. The summed E-state index contributed by atoms with van der Waals surface area (Å²) in [6.45, 7) is 1.85. The zero-order chi connectivity index (χ0) is 14.2. The Hall–Kier alpha value is -0.970. The summed E-state index contributed by atoms with van der Waals surface area (Å²) in [5.74, 6) is -1.34. The monoisotopic (exact) mass is 346 g/mol. The van der Waals surface area contributed by atoms with Gasteiger partial charge in [-0.1, -0.05) is 23.7 Å². The highest BCUT2D eigenvalue weighted by molar-refractivity contribution is 9.10. The van der Waals surface area contributed by atoms with Crippen LogP contribution in [0, 0.1) is 18.6 Å². The van der Waals surface area contributed by atoms with Gasteiger partial charge in [-0.2, -0.15) is 0 Å². The third-order valence-corrected chi connectivity index (χ3v) is 3.72. The zero-order valence-electron chi connectivity index (χ0n) is 9.92. The van der Waals surface area contributed by atoms with Crippen molar-refractivity contribution in [3.63, 3.8) is 0 Å². The van der Waals surface area contributed by atoms with Crippen molar-refractivity contribution in [1.29, 1.82) is 0 Å². The number of rotatable bonds is 2. The number of hydrogen-bond donors (Lipinski definition) is 1. The molecule has 5 heteroatoms. The third kappa shape index (κ3) is 2.96. The molecule has 19 heavy (non-hydrogen) atoms. The predicted molar refractivity (Wildman–Crippen MR) is 74.3 cm³/mol. The predicted octanol–water partition coefficient (Wildman–Crippen LogP) is 4.77. The van der Waals surface area contributed by atoms with Crippen LogP contribution in [0.4, 0.5) is 8.78 Å². The van der Waals surface area contributed by atoms with Crippen molar-refractivity contribution >= 4 is 27.5 Å². The summed E-state index contributed by atoms with van der Waals surface area (Å²) in [4.78, 5) is 0. The summed E-state index contributed by atoms with van der Waals surface area (Å²) in [6.07, 6.45) is -1.31. The maximum absolute atomic E-state index is 13.8. The fourth-order valence-electron chi connectivity index (χ4n) is 1.77. The smallest absolute Gasteiger partial charge is 0.137 e. The largest absolute Gasteiger partial charge is 0.383 e. The van der Waals surface area contributed by atoms with Crippen molar-refractivity contribution in [2.45, 2.75) is 13.0 Å². The fourth-order valence-corrected chi connectivity index (χ4v) is 2.42. The summed E-state index contributed by atoms with van der Waals surface area (Å²) >= 11 is 8.90. The Kier molecular flexibility index (Phi) is 4.23. The number of aliphatic hydroxyl groups is 1. The van der Waals surface area contributed by atoms with Crippen molar-refractivity contribution in [2.24, 2.45) is 0 Å². The van der Waals surface area contributed by atoms with Gasteiger partial charge in [0.15, 0.2) is 0 Å². The van der Waals surface area contributed by atoms with Crippen LogP contribution in [0.5, 0.6) is 0 Å². The van der Waals surface area contributed by atoms with Crippen LogP contribution in [-0.2, 0) is 0 Å². The van der Waals surface area contributed by atoms with E-state index in [4.69, 9.17) is 11.6 Å². The maximum atomic E-state index is 13.8. The summed E-state index contributed by atoms with van der Waals surface area (Å²) in [6, 6.07) is 6.95. The quantitative estimate of drug-likeness (QED) is 0.776. The summed E-state index contributed by atoms with van der Waals surface area (Å²) in [7, 11) is 0. The molecule has 0 fully saturated rings. The molecule has 0 heterocycles. The van der Waals surface area contributed by atoms with E-state index < -0.39 is 17.7 Å². The van der Waals surface area contributed by atoms with E-state index in [1.54, 1.807) is 18.2 Å². The molecular weight excluding hydrogens is 338 g/mol. The Morgan fingerprint density at radius 3 is 2.42 bits per heavy atom. The molecule has 0 bridgehead atoms. The van der Waals surface area contributed by atoms with Gasteiger partial charge in [0.25, 0.3) is 0 Å². The third-order valence-electron chi connectivity index (χ3n) is 2.78. The minimum atomic E-state index is -1.31. The normalized spacial score (nSPS) is 12.5. The fraction of sp³-hybridized carbons (Fsp3) is 0.143. The highest BCUT2D eigenvalue weighted by atomic mass is 79.9. The van der Waals surface area contributed by atoms with Gasteiger partial charge in [0.05, 0.1) is 4.47 Å². The number of benzene rings is 2. The molecule has 0 saturated carbocycles. The Morgan fingerprint density at radius 2 is 1.79 bits per heavy atom. The molecule has 0 aromatic heterocycles. The molecule has 2 aromatic carbocycles. The average molecular weight is 348 g/mol. The molecule has 1 nitrogen and oxygen atoms in total. The van der Waals surface area contributed by atoms with Gasteiger partial charge in [-0.05, 0) is 46.6 Å². The molecule has 100 valence electrons. The van der Waals surface area contributed by atoms with E-state index in [2.05, 4.69) is 15.9 Å². The lowest BCUT2D eigenvalue weighted by atomic mass is 10.00. The van der Waals surface area contributed by atoms with Crippen LogP contribution in [0.2, 0.25) is 5.02 Å². The minimum absolute atomic E-state index is 0.0101. The molecule has 0 spiro atoms. The molecule has 2 aromatic rings.